The van der Waals surface area contributed by atoms with Crippen molar-refractivity contribution in [3.8, 4) is 0 Å². The molecule has 0 saturated carbocycles. The summed E-state index contributed by atoms with van der Waals surface area (Å²) >= 11 is 4.97. The van der Waals surface area contributed by atoms with Crippen molar-refractivity contribution in [2.24, 2.45) is 0 Å². The lowest BCUT2D eigenvalue weighted by atomic mass is 10.0. The molecule has 3 aromatic carbocycles. The fourth-order valence-electron chi connectivity index (χ4n) is 11.1. The molecule has 8 bridgehead atoms. The second kappa shape index (κ2) is 34.6. The molecule has 8 saturated heterocycles. The van der Waals surface area contributed by atoms with E-state index >= 15 is 0 Å². The summed E-state index contributed by atoms with van der Waals surface area (Å²) in [6.07, 6.45) is -2.80. The third-order valence-corrected chi connectivity index (χ3v) is 15.2. The number of hydrogen-bond donors (Lipinski definition) is 2. The lowest BCUT2D eigenvalue weighted by Gasteiger charge is -2.48. The maximum Gasteiger partial charge on any atom is 0.417 e. The Morgan fingerprint density at radius 3 is 1.19 bits per heavy atom. The second-order valence-corrected chi connectivity index (χ2v) is 28.4. The van der Waals surface area contributed by atoms with E-state index < -0.39 is 70.1 Å². The zero-order chi connectivity index (χ0) is 70.8. The van der Waals surface area contributed by atoms with Gasteiger partial charge in [-0.3, -0.25) is 24.7 Å². The molecular formula is C68H95ClN8O20. The third-order valence-electron chi connectivity index (χ3n) is 15.1. The molecule has 8 unspecified atom stereocenters. The second-order valence-electron chi connectivity index (χ2n) is 28.1. The minimum atomic E-state index is -0.895. The van der Waals surface area contributed by atoms with E-state index in [4.69, 9.17) is 59.0 Å². The van der Waals surface area contributed by atoms with Crippen LogP contribution < -0.4 is 10.6 Å². The van der Waals surface area contributed by atoms with E-state index in [9.17, 15) is 43.2 Å². The Labute approximate surface area is 571 Å². The zero-order valence-electron chi connectivity index (χ0n) is 57.5. The predicted molar refractivity (Wildman–Crippen MR) is 351 cm³/mol. The number of hydrogen-bond acceptors (Lipinski definition) is 22. The van der Waals surface area contributed by atoms with Crippen LogP contribution in [0.3, 0.4) is 0 Å². The molecular weight excluding hydrogens is 1280 g/mol. The average Bonchev–Trinajstić information content (AvgIpc) is 0.772. The number of nitrogens with zero attached hydrogens (tertiary/aromatic N) is 6. The molecule has 534 valence electrons. The molecule has 11 rings (SSSR count). The van der Waals surface area contributed by atoms with Crippen LogP contribution in [-0.2, 0) is 81.5 Å². The highest BCUT2D eigenvalue weighted by Gasteiger charge is 2.50. The molecule has 8 heterocycles. The highest BCUT2D eigenvalue weighted by atomic mass is 35.5. The molecule has 8 amide bonds. The molecule has 0 radical (unpaired) electrons. The normalized spacial score (nSPS) is 23.4. The number of carbonyl (C=O) groups excluding carboxylic acids is 9. The van der Waals surface area contributed by atoms with Crippen LogP contribution in [0.2, 0.25) is 0 Å². The van der Waals surface area contributed by atoms with Gasteiger partial charge in [0.25, 0.3) is 11.8 Å². The standard InChI is InChI=1S/C19H24N2O6.C19H26N2O5.C11H18N2O4.C11H20N2O3.C8H7ClO2/c1-19(2,3)27-17(23)20-9-14-11-25-12-15(16(20)22)21(14)18(24)26-10-13-7-5-4-6-8-13;1-19(2,3)26-17(22)20-9-15-12-24-13-16(10-20)21(15)18(23)25-11-14-7-5-4-6-8-14;1-11(2,3)17-10(15)13-4-7-5-16-6-8(12-7)9(13)14;1-11(2,3)16-10(14)13-4-8-6-15-7-9(5-13)12-8;9-8(10)11-6-7-4-2-1-3-5-7/h4-8,14-15H,9-12H2,1-3H3;4-8,15-16H,9-13H2,1-3H3;7-8,12H,4-6H2,1-3H3;8-9,12H,4-7H2,1-3H3;1-5H,6H2. The van der Waals surface area contributed by atoms with E-state index in [1.54, 1.807) is 56.2 Å². The van der Waals surface area contributed by atoms with Gasteiger partial charge in [0.15, 0.2) is 0 Å². The van der Waals surface area contributed by atoms with Gasteiger partial charge < -0.3 is 67.2 Å². The van der Waals surface area contributed by atoms with Crippen molar-refractivity contribution < 1.29 is 95.3 Å². The summed E-state index contributed by atoms with van der Waals surface area (Å²) < 4.78 is 58.4. The van der Waals surface area contributed by atoms with Gasteiger partial charge in [-0.2, -0.15) is 0 Å². The SMILES string of the molecule is CC(C)(C)OC(=O)N1CC2COCC(C1)N2.CC(C)(C)OC(=O)N1CC2COCC(C1)N2C(=O)OCc1ccccc1.CC(C)(C)OC(=O)N1CC2COCC(C1=O)N2C(=O)OCc1ccccc1.CC(C)(C)OC(=O)N1CC2COCC(N2)C1=O.O=C(Cl)OCc1ccccc1. The summed E-state index contributed by atoms with van der Waals surface area (Å²) in [7, 11) is 0. The summed E-state index contributed by atoms with van der Waals surface area (Å²) in [5.41, 5.74) is -0.319. The van der Waals surface area contributed by atoms with Gasteiger partial charge in [-0.15, -0.1) is 0 Å². The summed E-state index contributed by atoms with van der Waals surface area (Å²) in [6.45, 7) is 27.9. The van der Waals surface area contributed by atoms with Crippen molar-refractivity contribution in [2.75, 3.05) is 92.1 Å². The monoisotopic (exact) mass is 1380 g/mol. The van der Waals surface area contributed by atoms with Crippen molar-refractivity contribution in [1.82, 2.24) is 40.0 Å². The van der Waals surface area contributed by atoms with Crippen molar-refractivity contribution in [3.05, 3.63) is 108 Å². The quantitative estimate of drug-likeness (QED) is 0.174. The molecule has 8 aliphatic rings. The molecule has 0 aliphatic carbocycles. The maximum absolute atomic E-state index is 12.7. The molecule has 2 N–H and O–H groups in total. The van der Waals surface area contributed by atoms with E-state index in [2.05, 4.69) is 15.4 Å². The van der Waals surface area contributed by atoms with Gasteiger partial charge in [-0.25, -0.2) is 43.4 Å². The number of benzene rings is 3. The van der Waals surface area contributed by atoms with Crippen molar-refractivity contribution in [2.45, 2.75) is 174 Å². The Bertz CT molecular complexity index is 3100. The first-order valence-corrected chi connectivity index (χ1v) is 32.8. The molecule has 3 aromatic rings. The van der Waals surface area contributed by atoms with Gasteiger partial charge in [-0.05, 0) is 99.8 Å². The lowest BCUT2D eigenvalue weighted by molar-refractivity contribution is -0.155. The highest BCUT2D eigenvalue weighted by molar-refractivity contribution is 6.61. The van der Waals surface area contributed by atoms with Crippen LogP contribution in [0, 0.1) is 0 Å². The highest BCUT2D eigenvalue weighted by Crippen LogP contribution is 2.28. The number of imide groups is 2. The molecule has 28 nitrogen and oxygen atoms in total. The minimum absolute atomic E-state index is 0.0129. The van der Waals surface area contributed by atoms with Crippen LogP contribution in [0.5, 0.6) is 0 Å². The lowest BCUT2D eigenvalue weighted by Crippen LogP contribution is -2.69. The number of fused-ring (bicyclic) bond motifs is 8. The molecule has 0 aromatic heterocycles. The maximum atomic E-state index is 12.7. The van der Waals surface area contributed by atoms with Gasteiger partial charge in [0, 0.05) is 62.5 Å². The van der Waals surface area contributed by atoms with Crippen LogP contribution in [0.1, 0.15) is 99.8 Å². The van der Waals surface area contributed by atoms with Crippen molar-refractivity contribution >= 4 is 65.4 Å². The Morgan fingerprint density at radius 1 is 0.402 bits per heavy atom. The Balaban J connectivity index is 0.000000177. The number of morpholine rings is 4. The molecule has 8 atom stereocenters. The van der Waals surface area contributed by atoms with Crippen LogP contribution in [0.15, 0.2) is 91.0 Å². The number of rotatable bonds is 6. The number of nitrogens with one attached hydrogen (secondary N) is 2. The van der Waals surface area contributed by atoms with Crippen LogP contribution in [-0.4, -0.2) is 246 Å². The average molecular weight is 1380 g/mol. The first kappa shape index (κ1) is 76.5. The zero-order valence-corrected chi connectivity index (χ0v) is 58.3. The largest absolute Gasteiger partial charge is 0.449 e. The van der Waals surface area contributed by atoms with E-state index in [1.807, 2.05) is 133 Å². The van der Waals surface area contributed by atoms with Crippen molar-refractivity contribution in [1.29, 1.82) is 0 Å². The summed E-state index contributed by atoms with van der Waals surface area (Å²) in [4.78, 5) is 117. The van der Waals surface area contributed by atoms with Gasteiger partial charge in [-0.1, -0.05) is 91.0 Å². The predicted octanol–water partition coefficient (Wildman–Crippen LogP) is 8.09. The third kappa shape index (κ3) is 24.6. The summed E-state index contributed by atoms with van der Waals surface area (Å²) in [5.74, 6) is -0.785. The Morgan fingerprint density at radius 2 is 0.753 bits per heavy atom. The van der Waals surface area contributed by atoms with E-state index in [0.29, 0.717) is 72.4 Å². The molecule has 8 aliphatic heterocycles. The van der Waals surface area contributed by atoms with Crippen LogP contribution in [0.4, 0.5) is 33.6 Å². The fourth-order valence-corrected chi connectivity index (χ4v) is 11.1. The van der Waals surface area contributed by atoms with E-state index in [-0.39, 0.29) is 94.0 Å². The van der Waals surface area contributed by atoms with Gasteiger partial charge in [0.1, 0.15) is 54.3 Å². The molecule has 29 heteroatoms. The Kier molecular flexibility index (Phi) is 27.3. The molecule has 0 spiro atoms. The van der Waals surface area contributed by atoms with Crippen LogP contribution in [0.25, 0.3) is 0 Å². The number of piperazine rings is 4. The summed E-state index contributed by atoms with van der Waals surface area (Å²) in [6, 6.07) is 26.5. The minimum Gasteiger partial charge on any atom is -0.449 e. The number of amides is 8. The topological polar surface area (TPSA) is 299 Å². The van der Waals surface area contributed by atoms with Gasteiger partial charge in [0.05, 0.1) is 77.5 Å². The Hall–Kier alpha value is -7.86. The number of ether oxygens (including phenoxy) is 11. The van der Waals surface area contributed by atoms with Gasteiger partial charge in [0.2, 0.25) is 0 Å². The van der Waals surface area contributed by atoms with Crippen molar-refractivity contribution in [3.63, 3.8) is 0 Å². The first-order valence-electron chi connectivity index (χ1n) is 32.4. The smallest absolute Gasteiger partial charge is 0.417 e. The molecule has 8 fully saturated rings. The summed E-state index contributed by atoms with van der Waals surface area (Å²) in [5, 5.41) is 6.55. The first-order chi connectivity index (χ1) is 45.7. The number of halogens is 1. The van der Waals surface area contributed by atoms with E-state index in [0.717, 1.165) is 21.6 Å². The van der Waals surface area contributed by atoms with E-state index in [1.165, 1.54) is 9.80 Å². The van der Waals surface area contributed by atoms with Gasteiger partial charge >= 0.3 is 42.0 Å². The molecule has 97 heavy (non-hydrogen) atoms. The number of carbonyl (C=O) groups is 9. The fraction of sp³-hybridized carbons (Fsp3) is 0.603. The van der Waals surface area contributed by atoms with Crippen LogP contribution >= 0.6 is 11.6 Å².